The Bertz CT molecular complexity index is 187. The standard InChI is InChI=1S/C10H20N2OS/c1-9-4-6-12(8-9)10(14)11-5-3-7-13-2/h9H,3-8H2,1-2H3,(H,11,14). The van der Waals surface area contributed by atoms with Crippen LogP contribution in [0.3, 0.4) is 0 Å². The maximum absolute atomic E-state index is 5.29. The van der Waals surface area contributed by atoms with E-state index in [0.717, 1.165) is 43.7 Å². The average Bonchev–Trinajstić information content (AvgIpc) is 2.59. The van der Waals surface area contributed by atoms with E-state index in [0.29, 0.717) is 0 Å². The second-order valence-corrected chi connectivity index (χ2v) is 4.30. The summed E-state index contributed by atoms with van der Waals surface area (Å²) in [4.78, 5) is 2.26. The Balaban J connectivity index is 2.09. The molecular weight excluding hydrogens is 196 g/mol. The summed E-state index contributed by atoms with van der Waals surface area (Å²) in [5, 5.41) is 4.17. The summed E-state index contributed by atoms with van der Waals surface area (Å²) in [7, 11) is 1.72. The van der Waals surface area contributed by atoms with Gasteiger partial charge >= 0.3 is 0 Å². The van der Waals surface area contributed by atoms with Crippen LogP contribution in [0.4, 0.5) is 0 Å². The highest BCUT2D eigenvalue weighted by Gasteiger charge is 2.20. The molecule has 0 aromatic carbocycles. The fourth-order valence-corrected chi connectivity index (χ4v) is 1.91. The van der Waals surface area contributed by atoms with E-state index in [4.69, 9.17) is 17.0 Å². The Morgan fingerprint density at radius 1 is 1.64 bits per heavy atom. The molecule has 1 aliphatic heterocycles. The van der Waals surface area contributed by atoms with E-state index in [1.807, 2.05) is 0 Å². The molecule has 0 bridgehead atoms. The first-order valence-corrected chi connectivity index (χ1v) is 5.66. The van der Waals surface area contributed by atoms with Gasteiger partial charge in [-0.25, -0.2) is 0 Å². The summed E-state index contributed by atoms with van der Waals surface area (Å²) in [5.41, 5.74) is 0. The van der Waals surface area contributed by atoms with E-state index >= 15 is 0 Å². The van der Waals surface area contributed by atoms with Crippen molar-refractivity contribution < 1.29 is 4.74 Å². The number of likely N-dealkylation sites (tertiary alicyclic amines) is 1. The fourth-order valence-electron chi connectivity index (χ4n) is 1.64. The fraction of sp³-hybridized carbons (Fsp3) is 0.900. The van der Waals surface area contributed by atoms with Crippen LogP contribution in [0.25, 0.3) is 0 Å². The van der Waals surface area contributed by atoms with Crippen molar-refractivity contribution in [2.45, 2.75) is 19.8 Å². The van der Waals surface area contributed by atoms with E-state index in [1.165, 1.54) is 6.42 Å². The summed E-state index contributed by atoms with van der Waals surface area (Å²) in [6.45, 7) is 6.20. The van der Waals surface area contributed by atoms with Gasteiger partial charge in [0.2, 0.25) is 0 Å². The Morgan fingerprint density at radius 3 is 3.00 bits per heavy atom. The van der Waals surface area contributed by atoms with E-state index in [9.17, 15) is 0 Å². The molecule has 0 aromatic heterocycles. The van der Waals surface area contributed by atoms with Crippen molar-refractivity contribution in [2.24, 2.45) is 5.92 Å². The molecule has 1 atom stereocenters. The van der Waals surface area contributed by atoms with E-state index in [2.05, 4.69) is 17.1 Å². The second kappa shape index (κ2) is 6.19. The summed E-state index contributed by atoms with van der Waals surface area (Å²) < 4.78 is 4.97. The van der Waals surface area contributed by atoms with Crippen LogP contribution in [-0.4, -0.2) is 43.4 Å². The first kappa shape index (κ1) is 11.7. The van der Waals surface area contributed by atoms with Gasteiger partial charge in [0.25, 0.3) is 0 Å². The van der Waals surface area contributed by atoms with Gasteiger partial charge < -0.3 is 15.0 Å². The molecule has 0 spiro atoms. The van der Waals surface area contributed by atoms with Crippen molar-refractivity contribution >= 4 is 17.3 Å². The maximum Gasteiger partial charge on any atom is 0.168 e. The van der Waals surface area contributed by atoms with Crippen molar-refractivity contribution in [2.75, 3.05) is 33.4 Å². The number of thiocarbonyl (C=S) groups is 1. The van der Waals surface area contributed by atoms with Gasteiger partial charge in [0, 0.05) is 33.4 Å². The minimum absolute atomic E-state index is 0.786. The molecule has 1 heterocycles. The van der Waals surface area contributed by atoms with Crippen LogP contribution < -0.4 is 5.32 Å². The Morgan fingerprint density at radius 2 is 2.43 bits per heavy atom. The topological polar surface area (TPSA) is 24.5 Å². The molecule has 1 N–H and O–H groups in total. The van der Waals surface area contributed by atoms with Crippen LogP contribution in [0.15, 0.2) is 0 Å². The minimum atomic E-state index is 0.786. The first-order chi connectivity index (χ1) is 6.74. The molecule has 3 nitrogen and oxygen atoms in total. The lowest BCUT2D eigenvalue weighted by Crippen LogP contribution is -2.38. The molecular formula is C10H20N2OS. The zero-order valence-corrected chi connectivity index (χ0v) is 9.90. The van der Waals surface area contributed by atoms with Crippen molar-refractivity contribution in [3.63, 3.8) is 0 Å². The van der Waals surface area contributed by atoms with Gasteiger partial charge in [-0.3, -0.25) is 0 Å². The lowest BCUT2D eigenvalue weighted by atomic mass is 10.2. The highest BCUT2D eigenvalue weighted by Crippen LogP contribution is 2.14. The van der Waals surface area contributed by atoms with Crippen LogP contribution in [0.1, 0.15) is 19.8 Å². The molecule has 0 amide bonds. The van der Waals surface area contributed by atoms with Crippen molar-refractivity contribution in [3.8, 4) is 0 Å². The lowest BCUT2D eigenvalue weighted by Gasteiger charge is -2.19. The Kier molecular flexibility index (Phi) is 5.19. The molecule has 0 aromatic rings. The van der Waals surface area contributed by atoms with Crippen LogP contribution >= 0.6 is 12.2 Å². The van der Waals surface area contributed by atoms with Gasteiger partial charge in [-0.1, -0.05) is 6.92 Å². The number of hydrogen-bond acceptors (Lipinski definition) is 2. The number of ether oxygens (including phenoxy) is 1. The molecule has 4 heteroatoms. The Hall–Kier alpha value is -0.350. The highest BCUT2D eigenvalue weighted by molar-refractivity contribution is 7.80. The Labute approximate surface area is 91.8 Å². The van der Waals surface area contributed by atoms with Crippen LogP contribution in [-0.2, 0) is 4.74 Å². The van der Waals surface area contributed by atoms with E-state index in [1.54, 1.807) is 7.11 Å². The van der Waals surface area contributed by atoms with Crippen molar-refractivity contribution in [1.29, 1.82) is 0 Å². The average molecular weight is 216 g/mol. The molecule has 0 radical (unpaired) electrons. The third-order valence-electron chi connectivity index (χ3n) is 2.51. The van der Waals surface area contributed by atoms with Gasteiger partial charge in [0.1, 0.15) is 0 Å². The quantitative estimate of drug-likeness (QED) is 0.564. The van der Waals surface area contributed by atoms with Crippen molar-refractivity contribution in [3.05, 3.63) is 0 Å². The van der Waals surface area contributed by atoms with E-state index in [-0.39, 0.29) is 0 Å². The number of rotatable bonds is 4. The summed E-state index contributed by atoms with van der Waals surface area (Å²) in [6.07, 6.45) is 2.28. The molecule has 1 rings (SSSR count). The molecule has 82 valence electrons. The smallest absolute Gasteiger partial charge is 0.168 e. The summed E-state index contributed by atoms with van der Waals surface area (Å²) in [6, 6.07) is 0. The van der Waals surface area contributed by atoms with Crippen molar-refractivity contribution in [1.82, 2.24) is 10.2 Å². The van der Waals surface area contributed by atoms with Gasteiger partial charge in [0.05, 0.1) is 0 Å². The third kappa shape index (κ3) is 3.80. The number of nitrogens with zero attached hydrogens (tertiary/aromatic N) is 1. The minimum Gasteiger partial charge on any atom is -0.385 e. The van der Waals surface area contributed by atoms with Gasteiger partial charge in [-0.05, 0) is 31.0 Å². The van der Waals surface area contributed by atoms with Crippen LogP contribution in [0.5, 0.6) is 0 Å². The highest BCUT2D eigenvalue weighted by atomic mass is 32.1. The van der Waals surface area contributed by atoms with Gasteiger partial charge in [-0.2, -0.15) is 0 Å². The second-order valence-electron chi connectivity index (χ2n) is 3.92. The number of methoxy groups -OCH3 is 1. The SMILES string of the molecule is COCCCNC(=S)N1CCC(C)C1. The maximum atomic E-state index is 5.29. The van der Waals surface area contributed by atoms with Gasteiger partial charge in [0.15, 0.2) is 5.11 Å². The molecule has 1 aliphatic rings. The molecule has 1 saturated heterocycles. The lowest BCUT2D eigenvalue weighted by molar-refractivity contribution is 0.195. The van der Waals surface area contributed by atoms with E-state index < -0.39 is 0 Å². The largest absolute Gasteiger partial charge is 0.385 e. The molecule has 1 unspecified atom stereocenters. The predicted octanol–water partition coefficient (Wildman–Crippen LogP) is 1.24. The normalized spacial score (nSPS) is 21.3. The summed E-state index contributed by atoms with van der Waals surface area (Å²) in [5.74, 6) is 0.786. The monoisotopic (exact) mass is 216 g/mol. The predicted molar refractivity (Wildman–Crippen MR) is 62.4 cm³/mol. The third-order valence-corrected chi connectivity index (χ3v) is 2.92. The number of nitrogens with one attached hydrogen (secondary N) is 1. The summed E-state index contributed by atoms with van der Waals surface area (Å²) >= 11 is 5.29. The zero-order valence-electron chi connectivity index (χ0n) is 9.08. The molecule has 0 aliphatic carbocycles. The van der Waals surface area contributed by atoms with Crippen LogP contribution in [0.2, 0.25) is 0 Å². The first-order valence-electron chi connectivity index (χ1n) is 5.25. The van der Waals surface area contributed by atoms with Crippen LogP contribution in [0, 0.1) is 5.92 Å². The zero-order chi connectivity index (χ0) is 10.4. The van der Waals surface area contributed by atoms with Gasteiger partial charge in [-0.15, -0.1) is 0 Å². The number of hydrogen-bond donors (Lipinski definition) is 1. The molecule has 1 fully saturated rings. The molecule has 0 saturated carbocycles. The molecule has 14 heavy (non-hydrogen) atoms.